The fourth-order valence-corrected chi connectivity index (χ4v) is 3.53. The quantitative estimate of drug-likeness (QED) is 0.908. The number of hydrogen-bond donors (Lipinski definition) is 1. The van der Waals surface area contributed by atoms with E-state index in [1.54, 1.807) is 13.2 Å². The summed E-state index contributed by atoms with van der Waals surface area (Å²) in [6.45, 7) is 2.90. The number of hydrogen-bond acceptors (Lipinski definition) is 4. The highest BCUT2D eigenvalue weighted by atomic mass is 19.1. The number of benzene rings is 1. The highest BCUT2D eigenvalue weighted by Crippen LogP contribution is 2.38. The second kappa shape index (κ2) is 6.94. The Kier molecular flexibility index (Phi) is 4.96. The van der Waals surface area contributed by atoms with Gasteiger partial charge in [0.15, 0.2) is 5.79 Å². The van der Waals surface area contributed by atoms with Crippen LogP contribution in [-0.4, -0.2) is 32.7 Å². The smallest absolute Gasteiger partial charge is 0.168 e. The predicted octanol–water partition coefficient (Wildman–Crippen LogP) is 2.86. The normalized spacial score (nSPS) is 23.8. The van der Waals surface area contributed by atoms with Gasteiger partial charge in [-0.2, -0.15) is 0 Å². The Morgan fingerprint density at radius 2 is 2.18 bits per heavy atom. The van der Waals surface area contributed by atoms with Crippen molar-refractivity contribution in [1.29, 1.82) is 0 Å². The summed E-state index contributed by atoms with van der Waals surface area (Å²) in [6.07, 6.45) is 4.26. The van der Waals surface area contributed by atoms with Gasteiger partial charge in [0.2, 0.25) is 0 Å². The van der Waals surface area contributed by atoms with Gasteiger partial charge in [0, 0.05) is 24.9 Å². The largest absolute Gasteiger partial charge is 0.496 e. The van der Waals surface area contributed by atoms with Gasteiger partial charge >= 0.3 is 0 Å². The molecule has 0 aromatic heterocycles. The Morgan fingerprint density at radius 1 is 1.36 bits per heavy atom. The molecule has 1 heterocycles. The Hall–Kier alpha value is -1.17. The highest BCUT2D eigenvalue weighted by Gasteiger charge is 2.41. The van der Waals surface area contributed by atoms with Gasteiger partial charge in [-0.1, -0.05) is 0 Å². The van der Waals surface area contributed by atoms with E-state index in [1.807, 2.05) is 0 Å². The lowest BCUT2D eigenvalue weighted by Gasteiger charge is -2.36. The molecule has 4 nitrogen and oxygen atoms in total. The molecular weight excluding hydrogens is 285 g/mol. The lowest BCUT2D eigenvalue weighted by atomic mass is 9.84. The molecule has 2 fully saturated rings. The van der Waals surface area contributed by atoms with Crippen LogP contribution >= 0.6 is 0 Å². The lowest BCUT2D eigenvalue weighted by molar-refractivity contribution is -0.186. The van der Waals surface area contributed by atoms with Gasteiger partial charge < -0.3 is 19.5 Å². The third-order valence-electron chi connectivity index (χ3n) is 4.57. The molecule has 1 spiro atoms. The first-order valence-corrected chi connectivity index (χ1v) is 8.02. The highest BCUT2D eigenvalue weighted by molar-refractivity contribution is 5.33. The van der Waals surface area contributed by atoms with Crippen molar-refractivity contribution in [2.24, 2.45) is 5.92 Å². The molecule has 3 rings (SSSR count). The summed E-state index contributed by atoms with van der Waals surface area (Å²) < 4.78 is 30.2. The zero-order valence-electron chi connectivity index (χ0n) is 13.1. The van der Waals surface area contributed by atoms with Crippen molar-refractivity contribution in [3.05, 3.63) is 29.6 Å². The van der Waals surface area contributed by atoms with Crippen LogP contribution < -0.4 is 10.1 Å². The van der Waals surface area contributed by atoms with Crippen LogP contribution in [0, 0.1) is 11.7 Å². The van der Waals surface area contributed by atoms with E-state index in [2.05, 4.69) is 5.32 Å². The van der Waals surface area contributed by atoms with Crippen molar-refractivity contribution in [2.75, 3.05) is 26.9 Å². The van der Waals surface area contributed by atoms with Gasteiger partial charge in [-0.15, -0.1) is 0 Å². The van der Waals surface area contributed by atoms with E-state index in [-0.39, 0.29) is 11.6 Å². The molecule has 0 amide bonds. The first-order valence-electron chi connectivity index (χ1n) is 8.02. The van der Waals surface area contributed by atoms with E-state index in [0.717, 1.165) is 37.1 Å². The van der Waals surface area contributed by atoms with Crippen LogP contribution in [0.25, 0.3) is 0 Å². The van der Waals surface area contributed by atoms with Crippen molar-refractivity contribution >= 4 is 0 Å². The Balaban J connectivity index is 1.51. The maximum absolute atomic E-state index is 13.3. The first kappa shape index (κ1) is 15.7. The second-order valence-electron chi connectivity index (χ2n) is 6.16. The maximum Gasteiger partial charge on any atom is 0.168 e. The SMILES string of the molecule is COc1ccc(F)cc1CNCC1CCCC2(C1)OCCO2. The minimum Gasteiger partial charge on any atom is -0.496 e. The van der Waals surface area contributed by atoms with Crippen LogP contribution in [-0.2, 0) is 16.0 Å². The Labute approximate surface area is 130 Å². The van der Waals surface area contributed by atoms with E-state index in [4.69, 9.17) is 14.2 Å². The molecule has 1 N–H and O–H groups in total. The zero-order valence-corrected chi connectivity index (χ0v) is 13.1. The molecule has 1 aromatic rings. The minimum absolute atomic E-state index is 0.234. The van der Waals surface area contributed by atoms with Crippen LogP contribution in [0.15, 0.2) is 18.2 Å². The number of nitrogens with one attached hydrogen (secondary N) is 1. The molecular formula is C17H24FNO3. The van der Waals surface area contributed by atoms with Gasteiger partial charge in [0.25, 0.3) is 0 Å². The van der Waals surface area contributed by atoms with Crippen LogP contribution in [0.1, 0.15) is 31.2 Å². The summed E-state index contributed by atoms with van der Waals surface area (Å²) in [5.74, 6) is 0.686. The molecule has 1 atom stereocenters. The fourth-order valence-electron chi connectivity index (χ4n) is 3.53. The molecule has 122 valence electrons. The first-order chi connectivity index (χ1) is 10.7. The molecule has 1 saturated heterocycles. The van der Waals surface area contributed by atoms with Crippen LogP contribution in [0.4, 0.5) is 4.39 Å². The molecule has 1 aromatic carbocycles. The molecule has 0 bridgehead atoms. The van der Waals surface area contributed by atoms with Gasteiger partial charge in [-0.05, 0) is 43.5 Å². The standard InChI is InChI=1S/C17H24FNO3/c1-20-16-5-4-15(18)9-14(16)12-19-11-13-3-2-6-17(10-13)21-7-8-22-17/h4-5,9,13,19H,2-3,6-8,10-12H2,1H3. The van der Waals surface area contributed by atoms with Gasteiger partial charge in [0.1, 0.15) is 11.6 Å². The van der Waals surface area contributed by atoms with Gasteiger partial charge in [-0.25, -0.2) is 4.39 Å². The van der Waals surface area contributed by atoms with Crippen molar-refractivity contribution in [2.45, 2.75) is 38.0 Å². The monoisotopic (exact) mass is 309 g/mol. The third kappa shape index (κ3) is 3.59. The van der Waals surface area contributed by atoms with Crippen LogP contribution in [0.2, 0.25) is 0 Å². The number of ether oxygens (including phenoxy) is 3. The Morgan fingerprint density at radius 3 is 2.95 bits per heavy atom. The maximum atomic E-state index is 13.3. The summed E-state index contributed by atoms with van der Waals surface area (Å²) in [5.41, 5.74) is 0.849. The Bertz CT molecular complexity index is 503. The number of methoxy groups -OCH3 is 1. The topological polar surface area (TPSA) is 39.7 Å². The molecule has 1 saturated carbocycles. The summed E-state index contributed by atoms with van der Waals surface area (Å²) in [5, 5.41) is 3.42. The van der Waals surface area contributed by atoms with E-state index < -0.39 is 0 Å². The minimum atomic E-state index is -0.332. The predicted molar refractivity (Wildman–Crippen MR) is 81.3 cm³/mol. The van der Waals surface area contributed by atoms with Crippen molar-refractivity contribution in [3.63, 3.8) is 0 Å². The lowest BCUT2D eigenvalue weighted by Crippen LogP contribution is -2.39. The fraction of sp³-hybridized carbons (Fsp3) is 0.647. The van der Waals surface area contributed by atoms with Crippen molar-refractivity contribution in [3.8, 4) is 5.75 Å². The molecule has 2 aliphatic rings. The van der Waals surface area contributed by atoms with Crippen molar-refractivity contribution < 1.29 is 18.6 Å². The molecule has 1 aliphatic carbocycles. The van der Waals surface area contributed by atoms with E-state index in [0.29, 0.717) is 25.7 Å². The van der Waals surface area contributed by atoms with E-state index in [9.17, 15) is 4.39 Å². The average molecular weight is 309 g/mol. The zero-order chi connectivity index (χ0) is 15.4. The number of rotatable bonds is 5. The molecule has 5 heteroatoms. The van der Waals surface area contributed by atoms with E-state index in [1.165, 1.54) is 18.6 Å². The summed E-state index contributed by atoms with van der Waals surface area (Å²) in [4.78, 5) is 0. The van der Waals surface area contributed by atoms with Crippen molar-refractivity contribution in [1.82, 2.24) is 5.32 Å². The summed E-state index contributed by atoms with van der Waals surface area (Å²) in [7, 11) is 1.61. The third-order valence-corrected chi connectivity index (χ3v) is 4.57. The van der Waals surface area contributed by atoms with Gasteiger partial charge in [0.05, 0.1) is 20.3 Å². The van der Waals surface area contributed by atoms with Crippen LogP contribution in [0.5, 0.6) is 5.75 Å². The molecule has 0 radical (unpaired) electrons. The van der Waals surface area contributed by atoms with E-state index >= 15 is 0 Å². The van der Waals surface area contributed by atoms with Crippen LogP contribution in [0.3, 0.4) is 0 Å². The molecule has 1 unspecified atom stereocenters. The molecule has 22 heavy (non-hydrogen) atoms. The number of halogens is 1. The summed E-state index contributed by atoms with van der Waals surface area (Å²) >= 11 is 0. The molecule has 1 aliphatic heterocycles. The average Bonchev–Trinajstić information content (AvgIpc) is 2.95. The van der Waals surface area contributed by atoms with Gasteiger partial charge in [-0.3, -0.25) is 0 Å². The second-order valence-corrected chi connectivity index (χ2v) is 6.16. The summed E-state index contributed by atoms with van der Waals surface area (Å²) in [6, 6.07) is 4.61.